The molecule has 1 amide bonds. The monoisotopic (exact) mass is 634 g/mol. The van der Waals surface area contributed by atoms with Gasteiger partial charge in [-0.05, 0) is 60.7 Å². The Balaban J connectivity index is 1.97. The Morgan fingerprint density at radius 1 is 0.696 bits per heavy atom. The third kappa shape index (κ3) is 8.80. The molecule has 2 N–H and O–H groups in total. The van der Waals surface area contributed by atoms with Gasteiger partial charge in [-0.1, -0.05) is 0 Å². The van der Waals surface area contributed by atoms with E-state index in [1.165, 1.54) is 50.6 Å². The number of nitrogens with zero attached hydrogens (tertiary/aromatic N) is 1. The molecule has 2 atom stereocenters. The quantitative estimate of drug-likeness (QED) is 0.217. The summed E-state index contributed by atoms with van der Waals surface area (Å²) in [7, 11) is 2.47. The first-order valence-corrected chi connectivity index (χ1v) is 13.1. The van der Waals surface area contributed by atoms with E-state index in [2.05, 4.69) is 5.32 Å². The van der Waals surface area contributed by atoms with E-state index in [-0.39, 0.29) is 45.4 Å². The molecule has 0 radical (unpaired) electrons. The molecule has 3 aromatic rings. The number of esters is 4. The number of carboxylic acid groups (broad SMARTS) is 1. The van der Waals surface area contributed by atoms with Gasteiger partial charge in [-0.3, -0.25) is 14.4 Å². The first kappa shape index (κ1) is 34.1. The molecule has 0 spiro atoms. The smallest absolute Gasteiger partial charge is 0.349 e. The van der Waals surface area contributed by atoms with Crippen molar-refractivity contribution >= 4 is 41.4 Å². The number of nitriles is 1. The molecule has 0 bridgehead atoms. The van der Waals surface area contributed by atoms with E-state index < -0.39 is 48.0 Å². The molecule has 0 aliphatic heterocycles. The molecule has 15 nitrogen and oxygen atoms in total. The second-order valence-corrected chi connectivity index (χ2v) is 9.09. The number of carbonyl (C=O) groups is 6. The maximum Gasteiger partial charge on any atom is 0.349 e. The lowest BCUT2D eigenvalue weighted by molar-refractivity contribution is -0.157. The third-order valence-electron chi connectivity index (χ3n) is 5.83. The van der Waals surface area contributed by atoms with Gasteiger partial charge in [0.2, 0.25) is 12.2 Å². The van der Waals surface area contributed by atoms with Crippen LogP contribution in [0.2, 0.25) is 0 Å². The minimum absolute atomic E-state index is 0.0332. The molecule has 238 valence electrons. The van der Waals surface area contributed by atoms with Gasteiger partial charge >= 0.3 is 29.8 Å². The van der Waals surface area contributed by atoms with Crippen molar-refractivity contribution in [2.75, 3.05) is 19.5 Å². The number of rotatable bonds is 12. The minimum Gasteiger partial charge on any atom is -0.493 e. The zero-order chi connectivity index (χ0) is 34.0. The van der Waals surface area contributed by atoms with Gasteiger partial charge in [-0.15, -0.1) is 0 Å². The van der Waals surface area contributed by atoms with Gasteiger partial charge in [0.05, 0.1) is 37.0 Å². The van der Waals surface area contributed by atoms with Crippen molar-refractivity contribution in [2.24, 2.45) is 0 Å². The fourth-order valence-electron chi connectivity index (χ4n) is 3.77. The summed E-state index contributed by atoms with van der Waals surface area (Å²) in [5.41, 5.74) is -0.147. The molecular weight excluding hydrogens is 608 g/mol. The zero-order valence-electron chi connectivity index (χ0n) is 24.7. The number of methoxy groups -OCH3 is 2. The summed E-state index contributed by atoms with van der Waals surface area (Å²) in [6, 6.07) is 14.3. The van der Waals surface area contributed by atoms with Crippen molar-refractivity contribution in [2.45, 2.75) is 26.1 Å². The first-order valence-electron chi connectivity index (χ1n) is 13.1. The molecule has 46 heavy (non-hydrogen) atoms. The van der Waals surface area contributed by atoms with Crippen molar-refractivity contribution in [3.63, 3.8) is 0 Å². The van der Waals surface area contributed by atoms with Crippen molar-refractivity contribution in [3.05, 3.63) is 77.4 Å². The Morgan fingerprint density at radius 2 is 1.15 bits per heavy atom. The lowest BCUT2D eigenvalue weighted by atomic mass is 10.1. The maximum atomic E-state index is 13.4. The summed E-state index contributed by atoms with van der Waals surface area (Å²) >= 11 is 0. The van der Waals surface area contributed by atoms with Crippen molar-refractivity contribution in [1.29, 1.82) is 5.26 Å². The highest BCUT2D eigenvalue weighted by Crippen LogP contribution is 2.30. The highest BCUT2D eigenvalue weighted by Gasteiger charge is 2.41. The Morgan fingerprint density at radius 3 is 1.54 bits per heavy atom. The van der Waals surface area contributed by atoms with Gasteiger partial charge in [0.15, 0.2) is 23.0 Å². The highest BCUT2D eigenvalue weighted by molar-refractivity contribution is 6.01. The summed E-state index contributed by atoms with van der Waals surface area (Å²) in [6.45, 7) is 2.30. The summed E-state index contributed by atoms with van der Waals surface area (Å²) in [4.78, 5) is 74.8. The molecule has 0 aliphatic carbocycles. The van der Waals surface area contributed by atoms with E-state index in [0.717, 1.165) is 38.1 Å². The Kier molecular flexibility index (Phi) is 11.4. The van der Waals surface area contributed by atoms with Crippen LogP contribution in [0.5, 0.6) is 23.0 Å². The standard InChI is InChI=1S/C31H26N2O13/c1-16(34)43-22-11-7-19(13-24(22)41-3)30(39)45-26(28(36)33-21-9-5-18(15-32)6-10-21)27(29(37)38)46-31(40)20-8-12-23(44-17(2)35)25(14-20)42-4/h5-14,26-27H,1-4H3,(H,33,36)(H,37,38)/t26-,27+/m0/s1. The van der Waals surface area contributed by atoms with E-state index in [9.17, 15) is 33.9 Å². The van der Waals surface area contributed by atoms with Crippen LogP contribution < -0.4 is 24.3 Å². The Labute approximate surface area is 261 Å². The number of ether oxygens (including phenoxy) is 6. The molecular formula is C31H26N2O13. The topological polar surface area (TPSA) is 214 Å². The molecule has 15 heteroatoms. The van der Waals surface area contributed by atoms with E-state index in [0.29, 0.717) is 0 Å². The molecule has 0 fully saturated rings. The van der Waals surface area contributed by atoms with E-state index in [4.69, 9.17) is 33.7 Å². The molecule has 0 saturated heterocycles. The molecule has 0 heterocycles. The second kappa shape index (κ2) is 15.3. The summed E-state index contributed by atoms with van der Waals surface area (Å²) in [5.74, 6) is -7.09. The van der Waals surface area contributed by atoms with Crippen LogP contribution >= 0.6 is 0 Å². The van der Waals surface area contributed by atoms with Crippen molar-refractivity contribution in [3.8, 4) is 29.1 Å². The number of amides is 1. The van der Waals surface area contributed by atoms with Crippen LogP contribution in [-0.2, 0) is 28.7 Å². The average molecular weight is 635 g/mol. The summed E-state index contributed by atoms with van der Waals surface area (Å²) < 4.78 is 30.7. The van der Waals surface area contributed by atoms with Gasteiger partial charge in [-0.2, -0.15) is 5.26 Å². The van der Waals surface area contributed by atoms with E-state index >= 15 is 0 Å². The number of carboxylic acids is 1. The van der Waals surface area contributed by atoms with Crippen LogP contribution in [-0.4, -0.2) is 67.3 Å². The molecule has 0 aliphatic rings. The van der Waals surface area contributed by atoms with Crippen LogP contribution in [0.3, 0.4) is 0 Å². The summed E-state index contributed by atoms with van der Waals surface area (Å²) in [6.07, 6.45) is -4.66. The molecule has 0 saturated carbocycles. The van der Waals surface area contributed by atoms with Crippen LogP contribution in [0.1, 0.15) is 40.1 Å². The zero-order valence-corrected chi connectivity index (χ0v) is 24.7. The van der Waals surface area contributed by atoms with Gasteiger partial charge in [-0.25, -0.2) is 14.4 Å². The first-order chi connectivity index (χ1) is 21.9. The molecule has 3 rings (SSSR count). The molecule has 3 aromatic carbocycles. The third-order valence-corrected chi connectivity index (χ3v) is 5.83. The lowest BCUT2D eigenvalue weighted by Gasteiger charge is -2.24. The van der Waals surface area contributed by atoms with E-state index in [1.54, 1.807) is 0 Å². The number of hydrogen-bond acceptors (Lipinski definition) is 13. The van der Waals surface area contributed by atoms with Gasteiger partial charge < -0.3 is 38.8 Å². The largest absolute Gasteiger partial charge is 0.493 e. The Hall–Kier alpha value is -6.43. The van der Waals surface area contributed by atoms with Crippen LogP contribution in [0.15, 0.2) is 60.7 Å². The number of hydrogen-bond donors (Lipinski definition) is 2. The normalized spacial score (nSPS) is 11.5. The Bertz CT molecular complexity index is 1710. The predicted octanol–water partition coefficient (Wildman–Crippen LogP) is 2.90. The predicted molar refractivity (Wildman–Crippen MR) is 154 cm³/mol. The summed E-state index contributed by atoms with van der Waals surface area (Å²) in [5, 5.41) is 21.4. The number of nitrogens with one attached hydrogen (secondary N) is 1. The minimum atomic E-state index is -2.39. The number of anilines is 1. The number of aliphatic carboxylic acids is 1. The van der Waals surface area contributed by atoms with Crippen molar-refractivity contribution in [1.82, 2.24) is 0 Å². The molecule has 0 unspecified atom stereocenters. The van der Waals surface area contributed by atoms with E-state index in [1.807, 2.05) is 6.07 Å². The number of benzene rings is 3. The lowest BCUT2D eigenvalue weighted by Crippen LogP contribution is -2.48. The number of carbonyl (C=O) groups excluding carboxylic acids is 5. The van der Waals surface area contributed by atoms with Gasteiger partial charge in [0, 0.05) is 19.5 Å². The fraction of sp³-hybridized carbons (Fsp3) is 0.194. The van der Waals surface area contributed by atoms with Crippen LogP contribution in [0, 0.1) is 11.3 Å². The van der Waals surface area contributed by atoms with Crippen LogP contribution in [0.4, 0.5) is 5.69 Å². The SMILES string of the molecule is COc1cc(C(=O)O[C@H](C(=O)Nc2ccc(C#N)cc2)[C@@H](OC(=O)c2ccc(OC(C)=O)c(OC)c2)C(=O)O)ccc1OC(C)=O. The van der Waals surface area contributed by atoms with Crippen molar-refractivity contribution < 1.29 is 62.3 Å². The highest BCUT2D eigenvalue weighted by atomic mass is 16.6. The molecule has 0 aromatic heterocycles. The van der Waals surface area contributed by atoms with Crippen LogP contribution in [0.25, 0.3) is 0 Å². The maximum absolute atomic E-state index is 13.4. The average Bonchev–Trinajstić information content (AvgIpc) is 3.02. The van der Waals surface area contributed by atoms with Gasteiger partial charge in [0.25, 0.3) is 5.91 Å². The fourth-order valence-corrected chi connectivity index (χ4v) is 3.77. The second-order valence-electron chi connectivity index (χ2n) is 9.09. The van der Waals surface area contributed by atoms with Gasteiger partial charge in [0.1, 0.15) is 0 Å².